The molecule has 0 atom stereocenters. The van der Waals surface area contributed by atoms with Gasteiger partial charge in [-0.25, -0.2) is 0 Å². The lowest BCUT2D eigenvalue weighted by molar-refractivity contribution is -0.145. The first-order chi connectivity index (χ1) is 8.18. The summed E-state index contributed by atoms with van der Waals surface area (Å²) in [6.07, 6.45) is 5.74. The Hall–Kier alpha value is -0.610. The van der Waals surface area contributed by atoms with Crippen LogP contribution in [-0.4, -0.2) is 55.5 Å². The Kier molecular flexibility index (Phi) is 4.05. The molecule has 0 unspecified atom stereocenters. The summed E-state index contributed by atoms with van der Waals surface area (Å²) in [6.45, 7) is 4.78. The quantitative estimate of drug-likeness (QED) is 0.767. The van der Waals surface area contributed by atoms with Gasteiger partial charge in [0.25, 0.3) is 0 Å². The molecule has 0 aromatic heterocycles. The van der Waals surface area contributed by atoms with E-state index < -0.39 is 0 Å². The van der Waals surface area contributed by atoms with E-state index in [0.29, 0.717) is 6.54 Å². The fourth-order valence-corrected chi connectivity index (χ4v) is 2.91. The van der Waals surface area contributed by atoms with Crippen LogP contribution >= 0.6 is 0 Å². The van der Waals surface area contributed by atoms with Gasteiger partial charge in [0, 0.05) is 26.7 Å². The molecule has 1 amide bonds. The van der Waals surface area contributed by atoms with Gasteiger partial charge in [-0.1, -0.05) is 6.42 Å². The van der Waals surface area contributed by atoms with Crippen molar-refractivity contribution in [3.63, 3.8) is 0 Å². The minimum absolute atomic E-state index is 0.209. The predicted molar refractivity (Wildman–Crippen MR) is 68.6 cm³/mol. The molecule has 2 N–H and O–H groups in total. The van der Waals surface area contributed by atoms with Crippen molar-refractivity contribution in [3.05, 3.63) is 0 Å². The summed E-state index contributed by atoms with van der Waals surface area (Å²) in [5.41, 5.74) is 5.56. The third-order valence-corrected chi connectivity index (χ3v) is 4.45. The van der Waals surface area contributed by atoms with Crippen molar-refractivity contribution in [1.82, 2.24) is 9.80 Å². The predicted octanol–water partition coefficient (Wildman–Crippen LogP) is 0.670. The number of nitrogens with zero attached hydrogens (tertiary/aromatic N) is 2. The second-order valence-electron chi connectivity index (χ2n) is 5.61. The van der Waals surface area contributed by atoms with Crippen LogP contribution in [0.25, 0.3) is 0 Å². The Morgan fingerprint density at radius 2 is 1.94 bits per heavy atom. The summed E-state index contributed by atoms with van der Waals surface area (Å²) in [6, 6.07) is 0. The summed E-state index contributed by atoms with van der Waals surface area (Å²) in [5.74, 6) is 0.269. The summed E-state index contributed by atoms with van der Waals surface area (Å²) in [7, 11) is 1.92. The van der Waals surface area contributed by atoms with Gasteiger partial charge in [0.1, 0.15) is 0 Å². The maximum Gasteiger partial charge on any atom is 0.229 e. The molecule has 1 aliphatic heterocycles. The van der Waals surface area contributed by atoms with E-state index in [1.54, 1.807) is 0 Å². The van der Waals surface area contributed by atoms with Crippen molar-refractivity contribution >= 4 is 5.91 Å². The zero-order chi connectivity index (χ0) is 12.3. The maximum atomic E-state index is 12.3. The van der Waals surface area contributed by atoms with E-state index in [2.05, 4.69) is 4.90 Å². The van der Waals surface area contributed by atoms with Crippen LogP contribution in [0.3, 0.4) is 0 Å². The molecule has 1 saturated carbocycles. The van der Waals surface area contributed by atoms with E-state index >= 15 is 0 Å². The van der Waals surface area contributed by atoms with E-state index in [1.807, 2.05) is 11.9 Å². The molecule has 1 heterocycles. The van der Waals surface area contributed by atoms with Gasteiger partial charge in [-0.05, 0) is 38.8 Å². The molecule has 0 radical (unpaired) electrons. The average molecular weight is 239 g/mol. The molecular formula is C13H25N3O. The lowest BCUT2D eigenvalue weighted by atomic mass is 9.68. The average Bonchev–Trinajstić information content (AvgIpc) is 2.77. The molecular weight excluding hydrogens is 214 g/mol. The highest BCUT2D eigenvalue weighted by Crippen LogP contribution is 2.41. The van der Waals surface area contributed by atoms with Gasteiger partial charge in [-0.2, -0.15) is 0 Å². The first-order valence-electron chi connectivity index (χ1n) is 6.86. The first kappa shape index (κ1) is 12.8. The normalized spacial score (nSPS) is 23.4. The van der Waals surface area contributed by atoms with Gasteiger partial charge in [-0.15, -0.1) is 0 Å². The standard InChI is InChI=1S/C13H25N3O/c1-15(9-10-16-7-2-3-8-16)12(17)13(11-14)5-4-6-13/h2-11,14H2,1H3. The molecule has 17 heavy (non-hydrogen) atoms. The second-order valence-corrected chi connectivity index (χ2v) is 5.61. The van der Waals surface area contributed by atoms with Crippen LogP contribution < -0.4 is 5.73 Å². The Morgan fingerprint density at radius 1 is 1.29 bits per heavy atom. The summed E-state index contributed by atoms with van der Waals surface area (Å²) < 4.78 is 0. The third-order valence-electron chi connectivity index (χ3n) is 4.45. The number of hydrogen-bond donors (Lipinski definition) is 1. The van der Waals surface area contributed by atoms with Crippen LogP contribution in [0.15, 0.2) is 0 Å². The molecule has 0 bridgehead atoms. The van der Waals surface area contributed by atoms with E-state index in [0.717, 1.165) is 32.4 Å². The third kappa shape index (κ3) is 2.63. The molecule has 4 nitrogen and oxygen atoms in total. The summed E-state index contributed by atoms with van der Waals surface area (Å²) in [4.78, 5) is 16.6. The Bertz CT molecular complexity index is 264. The highest BCUT2D eigenvalue weighted by molar-refractivity contribution is 5.83. The lowest BCUT2D eigenvalue weighted by Gasteiger charge is -2.42. The van der Waals surface area contributed by atoms with Gasteiger partial charge in [0.05, 0.1) is 5.41 Å². The van der Waals surface area contributed by atoms with Gasteiger partial charge in [0.2, 0.25) is 5.91 Å². The zero-order valence-corrected chi connectivity index (χ0v) is 11.0. The SMILES string of the molecule is CN(CCN1CCCC1)C(=O)C1(CN)CCC1. The Balaban J connectivity index is 1.78. The number of rotatable bonds is 5. The van der Waals surface area contributed by atoms with Crippen molar-refractivity contribution in [3.8, 4) is 0 Å². The van der Waals surface area contributed by atoms with E-state index in [-0.39, 0.29) is 11.3 Å². The van der Waals surface area contributed by atoms with Crippen molar-refractivity contribution in [2.45, 2.75) is 32.1 Å². The van der Waals surface area contributed by atoms with Gasteiger partial charge < -0.3 is 15.5 Å². The molecule has 0 aromatic rings. The van der Waals surface area contributed by atoms with Crippen LogP contribution in [-0.2, 0) is 4.79 Å². The fraction of sp³-hybridized carbons (Fsp3) is 0.923. The molecule has 0 spiro atoms. The van der Waals surface area contributed by atoms with Crippen molar-refractivity contribution in [1.29, 1.82) is 0 Å². The van der Waals surface area contributed by atoms with E-state index in [9.17, 15) is 4.79 Å². The number of likely N-dealkylation sites (tertiary alicyclic amines) is 1. The van der Waals surface area contributed by atoms with Crippen LogP contribution in [0.2, 0.25) is 0 Å². The smallest absolute Gasteiger partial charge is 0.229 e. The fourth-order valence-electron chi connectivity index (χ4n) is 2.91. The lowest BCUT2D eigenvalue weighted by Crippen LogP contribution is -2.51. The van der Waals surface area contributed by atoms with Crippen molar-refractivity contribution in [2.75, 3.05) is 39.8 Å². The molecule has 0 aromatic carbocycles. The minimum atomic E-state index is -0.209. The monoisotopic (exact) mass is 239 g/mol. The highest BCUT2D eigenvalue weighted by Gasteiger charge is 2.44. The maximum absolute atomic E-state index is 12.3. The van der Waals surface area contributed by atoms with E-state index in [4.69, 9.17) is 5.73 Å². The molecule has 2 fully saturated rings. The first-order valence-corrected chi connectivity index (χ1v) is 6.86. The van der Waals surface area contributed by atoms with Gasteiger partial charge >= 0.3 is 0 Å². The molecule has 98 valence electrons. The highest BCUT2D eigenvalue weighted by atomic mass is 16.2. The van der Waals surface area contributed by atoms with Crippen molar-refractivity contribution < 1.29 is 4.79 Å². The minimum Gasteiger partial charge on any atom is -0.344 e. The Labute approximate surface area is 104 Å². The second kappa shape index (κ2) is 5.36. The number of likely N-dealkylation sites (N-methyl/N-ethyl adjacent to an activating group) is 1. The van der Waals surface area contributed by atoms with Gasteiger partial charge in [0.15, 0.2) is 0 Å². The largest absolute Gasteiger partial charge is 0.344 e. The molecule has 1 aliphatic carbocycles. The van der Waals surface area contributed by atoms with Crippen molar-refractivity contribution in [2.24, 2.45) is 11.1 Å². The van der Waals surface area contributed by atoms with Crippen LogP contribution in [0, 0.1) is 5.41 Å². The Morgan fingerprint density at radius 3 is 2.41 bits per heavy atom. The van der Waals surface area contributed by atoms with Crippen LogP contribution in [0.1, 0.15) is 32.1 Å². The number of nitrogens with two attached hydrogens (primary N) is 1. The number of carbonyl (C=O) groups is 1. The molecule has 2 rings (SSSR count). The topological polar surface area (TPSA) is 49.6 Å². The summed E-state index contributed by atoms with van der Waals surface area (Å²) >= 11 is 0. The number of carbonyl (C=O) groups excluding carboxylic acids is 1. The van der Waals surface area contributed by atoms with Crippen LogP contribution in [0.4, 0.5) is 0 Å². The number of amides is 1. The van der Waals surface area contributed by atoms with Crippen LogP contribution in [0.5, 0.6) is 0 Å². The molecule has 2 aliphatic rings. The molecule has 4 heteroatoms. The number of hydrogen-bond acceptors (Lipinski definition) is 3. The zero-order valence-electron chi connectivity index (χ0n) is 11.0. The van der Waals surface area contributed by atoms with E-state index in [1.165, 1.54) is 25.9 Å². The molecule has 1 saturated heterocycles. The summed E-state index contributed by atoms with van der Waals surface area (Å²) in [5, 5.41) is 0. The van der Waals surface area contributed by atoms with Gasteiger partial charge in [-0.3, -0.25) is 4.79 Å².